The van der Waals surface area contributed by atoms with Gasteiger partial charge >= 0.3 is 0 Å². The van der Waals surface area contributed by atoms with Crippen LogP contribution in [0.4, 0.5) is 0 Å². The van der Waals surface area contributed by atoms with Crippen LogP contribution in [0.25, 0.3) is 0 Å². The van der Waals surface area contributed by atoms with Gasteiger partial charge in [-0.25, -0.2) is 0 Å². The number of nitrogens with zero attached hydrogens (tertiary/aromatic N) is 1. The molecule has 0 radical (unpaired) electrons. The van der Waals surface area contributed by atoms with Gasteiger partial charge in [0.2, 0.25) is 0 Å². The molecular weight excluding hydrogens is 220 g/mol. The largest absolute Gasteiger partial charge is 0.314 e. The Morgan fingerprint density at radius 2 is 1.67 bits per heavy atom. The zero-order valence-electron chi connectivity index (χ0n) is 11.5. The topological polar surface area (TPSA) is 15.3 Å². The molecule has 1 aliphatic rings. The Labute approximate surface area is 111 Å². The molecule has 0 spiro atoms. The van der Waals surface area contributed by atoms with Gasteiger partial charge in [-0.3, -0.25) is 4.90 Å². The van der Waals surface area contributed by atoms with Crippen molar-refractivity contribution in [2.45, 2.75) is 25.8 Å². The van der Waals surface area contributed by atoms with Crippen LogP contribution in [0.15, 0.2) is 36.9 Å². The monoisotopic (exact) mass is 244 g/mol. The van der Waals surface area contributed by atoms with E-state index in [4.69, 9.17) is 0 Å². The van der Waals surface area contributed by atoms with Gasteiger partial charge in [0.1, 0.15) is 0 Å². The molecule has 18 heavy (non-hydrogen) atoms. The van der Waals surface area contributed by atoms with Crippen molar-refractivity contribution in [3.8, 4) is 0 Å². The maximum atomic E-state index is 4.01. The summed E-state index contributed by atoms with van der Waals surface area (Å²) in [5, 5.41) is 3.39. The molecular formula is C16H24N2. The third kappa shape index (κ3) is 3.01. The van der Waals surface area contributed by atoms with E-state index >= 15 is 0 Å². The molecule has 1 aromatic carbocycles. The normalized spacial score (nSPS) is 18.8. The molecule has 1 aliphatic heterocycles. The summed E-state index contributed by atoms with van der Waals surface area (Å²) in [6.07, 6.45) is 2.07. The first-order valence-electron chi connectivity index (χ1n) is 6.89. The van der Waals surface area contributed by atoms with Crippen LogP contribution >= 0.6 is 0 Å². The highest BCUT2D eigenvalue weighted by molar-refractivity contribution is 5.29. The summed E-state index contributed by atoms with van der Waals surface area (Å²) in [4.78, 5) is 2.49. The molecule has 2 nitrogen and oxygen atoms in total. The smallest absolute Gasteiger partial charge is 0.0529 e. The van der Waals surface area contributed by atoms with Gasteiger partial charge in [-0.1, -0.05) is 44.2 Å². The molecule has 0 amide bonds. The molecule has 0 unspecified atom stereocenters. The van der Waals surface area contributed by atoms with Crippen molar-refractivity contribution in [3.63, 3.8) is 0 Å². The second kappa shape index (κ2) is 6.17. The van der Waals surface area contributed by atoms with Crippen LogP contribution in [-0.4, -0.2) is 31.1 Å². The zero-order valence-corrected chi connectivity index (χ0v) is 11.5. The molecule has 1 heterocycles. The average molecular weight is 244 g/mol. The minimum absolute atomic E-state index is 0.355. The van der Waals surface area contributed by atoms with Gasteiger partial charge in [-0.05, 0) is 17.0 Å². The van der Waals surface area contributed by atoms with Crippen LogP contribution in [0.1, 0.15) is 36.9 Å². The van der Waals surface area contributed by atoms with Gasteiger partial charge in [-0.15, -0.1) is 6.58 Å². The molecule has 0 aromatic heterocycles. The molecule has 1 saturated heterocycles. The summed E-state index contributed by atoms with van der Waals surface area (Å²) >= 11 is 0. The van der Waals surface area contributed by atoms with E-state index < -0.39 is 0 Å². The predicted molar refractivity (Wildman–Crippen MR) is 77.9 cm³/mol. The van der Waals surface area contributed by atoms with Crippen LogP contribution < -0.4 is 5.32 Å². The first-order chi connectivity index (χ1) is 8.72. The van der Waals surface area contributed by atoms with Crippen molar-refractivity contribution < 1.29 is 0 Å². The second-order valence-electron chi connectivity index (χ2n) is 5.29. The number of nitrogens with one attached hydrogen (secondary N) is 1. The van der Waals surface area contributed by atoms with Crippen LogP contribution in [0, 0.1) is 0 Å². The first-order valence-corrected chi connectivity index (χ1v) is 6.89. The van der Waals surface area contributed by atoms with Crippen molar-refractivity contribution in [3.05, 3.63) is 48.0 Å². The summed E-state index contributed by atoms with van der Waals surface area (Å²) < 4.78 is 0. The first kappa shape index (κ1) is 13.3. The van der Waals surface area contributed by atoms with Gasteiger partial charge in [0.25, 0.3) is 0 Å². The lowest BCUT2D eigenvalue weighted by Crippen LogP contribution is -2.44. The number of benzene rings is 1. The minimum atomic E-state index is 0.355. The fourth-order valence-corrected chi connectivity index (χ4v) is 2.53. The van der Waals surface area contributed by atoms with Crippen molar-refractivity contribution in [2.75, 3.05) is 26.2 Å². The molecule has 1 atom stereocenters. The van der Waals surface area contributed by atoms with Crippen molar-refractivity contribution >= 4 is 0 Å². The lowest BCUT2D eigenvalue weighted by atomic mass is 9.98. The fourth-order valence-electron chi connectivity index (χ4n) is 2.53. The van der Waals surface area contributed by atoms with Gasteiger partial charge in [0.05, 0.1) is 6.04 Å². The number of rotatable bonds is 4. The Morgan fingerprint density at radius 1 is 1.11 bits per heavy atom. The van der Waals surface area contributed by atoms with Gasteiger partial charge in [0.15, 0.2) is 0 Å². The molecule has 1 fully saturated rings. The molecule has 0 saturated carbocycles. The maximum absolute atomic E-state index is 4.01. The highest BCUT2D eigenvalue weighted by Crippen LogP contribution is 2.24. The van der Waals surface area contributed by atoms with E-state index in [1.807, 2.05) is 0 Å². The summed E-state index contributed by atoms with van der Waals surface area (Å²) in [7, 11) is 0. The Balaban J connectivity index is 2.13. The SMILES string of the molecule is C=C[C@H](c1ccc(C(C)C)cc1)N1CCNCC1. The third-order valence-electron chi connectivity index (χ3n) is 3.71. The number of hydrogen-bond acceptors (Lipinski definition) is 2. The van der Waals surface area contributed by atoms with Crippen molar-refractivity contribution in [2.24, 2.45) is 0 Å². The average Bonchev–Trinajstić information content (AvgIpc) is 2.41. The Bertz CT molecular complexity index is 375. The third-order valence-corrected chi connectivity index (χ3v) is 3.71. The van der Waals surface area contributed by atoms with E-state index in [9.17, 15) is 0 Å². The van der Waals surface area contributed by atoms with Gasteiger partial charge < -0.3 is 5.32 Å². The van der Waals surface area contributed by atoms with Crippen LogP contribution in [0.3, 0.4) is 0 Å². The molecule has 1 aromatic rings. The quantitative estimate of drug-likeness (QED) is 0.819. The lowest BCUT2D eigenvalue weighted by Gasteiger charge is -2.33. The number of hydrogen-bond donors (Lipinski definition) is 1. The zero-order chi connectivity index (χ0) is 13.0. The van der Waals surface area contributed by atoms with E-state index in [2.05, 4.69) is 61.0 Å². The van der Waals surface area contributed by atoms with Crippen LogP contribution in [0.5, 0.6) is 0 Å². The predicted octanol–water partition coefficient (Wildman–Crippen LogP) is 2.94. The Morgan fingerprint density at radius 3 is 2.17 bits per heavy atom. The Kier molecular flexibility index (Phi) is 4.56. The Hall–Kier alpha value is -1.12. The van der Waals surface area contributed by atoms with Crippen LogP contribution in [-0.2, 0) is 0 Å². The van der Waals surface area contributed by atoms with Gasteiger partial charge in [0, 0.05) is 26.2 Å². The molecule has 98 valence electrons. The van der Waals surface area contributed by atoms with Gasteiger partial charge in [-0.2, -0.15) is 0 Å². The standard InChI is InChI=1S/C16H24N2/c1-4-16(18-11-9-17-10-12-18)15-7-5-14(6-8-15)13(2)3/h4-8,13,16-17H,1,9-12H2,2-3H3/t16-/m1/s1. The van der Waals surface area contributed by atoms with E-state index in [0.717, 1.165) is 26.2 Å². The van der Waals surface area contributed by atoms with Crippen LogP contribution in [0.2, 0.25) is 0 Å². The molecule has 0 aliphatic carbocycles. The summed E-state index contributed by atoms with van der Waals surface area (Å²) in [6.45, 7) is 12.8. The molecule has 2 rings (SSSR count). The minimum Gasteiger partial charge on any atom is -0.314 e. The van der Waals surface area contributed by atoms with E-state index in [-0.39, 0.29) is 0 Å². The molecule has 0 bridgehead atoms. The van der Waals surface area contributed by atoms with E-state index in [1.54, 1.807) is 0 Å². The highest BCUT2D eigenvalue weighted by atomic mass is 15.2. The number of piperazine rings is 1. The van der Waals surface area contributed by atoms with Crippen molar-refractivity contribution in [1.82, 2.24) is 10.2 Å². The maximum Gasteiger partial charge on any atom is 0.0529 e. The highest BCUT2D eigenvalue weighted by Gasteiger charge is 2.19. The molecule has 2 heteroatoms. The summed E-state index contributed by atoms with van der Waals surface area (Å²) in [5.41, 5.74) is 2.76. The summed E-state index contributed by atoms with van der Waals surface area (Å²) in [6, 6.07) is 9.36. The van der Waals surface area contributed by atoms with Crippen molar-refractivity contribution in [1.29, 1.82) is 0 Å². The van der Waals surface area contributed by atoms with E-state index in [1.165, 1.54) is 11.1 Å². The summed E-state index contributed by atoms with van der Waals surface area (Å²) in [5.74, 6) is 0.598. The fraction of sp³-hybridized carbons (Fsp3) is 0.500. The lowest BCUT2D eigenvalue weighted by molar-refractivity contribution is 0.203. The van der Waals surface area contributed by atoms with E-state index in [0.29, 0.717) is 12.0 Å². The second-order valence-corrected chi connectivity index (χ2v) is 5.29. The molecule has 1 N–H and O–H groups in total.